The Balaban J connectivity index is 2.01. The molecule has 0 aliphatic carbocycles. The van der Waals surface area contributed by atoms with Crippen molar-refractivity contribution in [2.75, 3.05) is 6.61 Å². The summed E-state index contributed by atoms with van der Waals surface area (Å²) in [6, 6.07) is 18.5. The highest BCUT2D eigenvalue weighted by atomic mass is 35.5. The van der Waals surface area contributed by atoms with E-state index in [1.165, 1.54) is 11.1 Å². The Morgan fingerprint density at radius 3 is 2.35 bits per heavy atom. The summed E-state index contributed by atoms with van der Waals surface area (Å²) in [6.07, 6.45) is 0.302. The molecule has 0 amide bonds. The minimum Gasteiger partial charge on any atom is -0.372 e. The van der Waals surface area contributed by atoms with Gasteiger partial charge in [0.15, 0.2) is 0 Å². The van der Waals surface area contributed by atoms with Gasteiger partial charge in [-0.3, -0.25) is 0 Å². The van der Waals surface area contributed by atoms with Crippen LogP contribution in [0.15, 0.2) is 54.6 Å². The van der Waals surface area contributed by atoms with Crippen LogP contribution < -0.4 is 0 Å². The monoisotopic (exact) mass is 244 g/mol. The Morgan fingerprint density at radius 2 is 1.71 bits per heavy atom. The van der Waals surface area contributed by atoms with Crippen molar-refractivity contribution in [3.8, 4) is 0 Å². The molecule has 2 aromatic carbocycles. The summed E-state index contributed by atoms with van der Waals surface area (Å²) in [7, 11) is 0. The Hall–Kier alpha value is -1.31. The molecule has 0 spiro atoms. The highest BCUT2D eigenvalue weighted by molar-refractivity contribution is 6.30. The molecule has 0 aromatic heterocycles. The zero-order valence-corrected chi connectivity index (χ0v) is 10.1. The van der Waals surface area contributed by atoms with Crippen LogP contribution in [0.4, 0.5) is 0 Å². The molecule has 0 saturated carbocycles. The third-order valence-electron chi connectivity index (χ3n) is 3.10. The van der Waals surface area contributed by atoms with Crippen LogP contribution in [-0.2, 0) is 4.74 Å². The molecule has 86 valence electrons. The molecular formula is C15H13ClO. The molecule has 17 heavy (non-hydrogen) atoms. The molecule has 2 aromatic rings. The van der Waals surface area contributed by atoms with E-state index in [2.05, 4.69) is 30.3 Å². The van der Waals surface area contributed by atoms with Crippen LogP contribution in [0.25, 0.3) is 0 Å². The molecular weight excluding hydrogens is 232 g/mol. The topological polar surface area (TPSA) is 12.5 Å². The molecule has 0 N–H and O–H groups in total. The van der Waals surface area contributed by atoms with Crippen molar-refractivity contribution in [1.29, 1.82) is 0 Å². The van der Waals surface area contributed by atoms with E-state index in [1.807, 2.05) is 24.3 Å². The summed E-state index contributed by atoms with van der Waals surface area (Å²) in [4.78, 5) is 0. The van der Waals surface area contributed by atoms with Crippen molar-refractivity contribution in [3.05, 3.63) is 70.7 Å². The lowest BCUT2D eigenvalue weighted by molar-refractivity contribution is 0.389. The molecule has 3 rings (SSSR count). The maximum Gasteiger partial charge on any atom is 0.0918 e. The van der Waals surface area contributed by atoms with E-state index >= 15 is 0 Å². The summed E-state index contributed by atoms with van der Waals surface area (Å²) in [5.41, 5.74) is 2.52. The van der Waals surface area contributed by atoms with Crippen LogP contribution in [0, 0.1) is 0 Å². The van der Waals surface area contributed by atoms with Crippen molar-refractivity contribution in [2.24, 2.45) is 0 Å². The minimum absolute atomic E-state index is 0.301. The second-order valence-corrected chi connectivity index (χ2v) is 4.75. The van der Waals surface area contributed by atoms with Crippen LogP contribution in [0.5, 0.6) is 0 Å². The molecule has 1 heterocycles. The number of hydrogen-bond acceptors (Lipinski definition) is 1. The van der Waals surface area contributed by atoms with Gasteiger partial charge < -0.3 is 4.74 Å². The molecule has 1 fully saturated rings. The van der Waals surface area contributed by atoms with Crippen molar-refractivity contribution < 1.29 is 4.74 Å². The average molecular weight is 245 g/mol. The first-order valence-electron chi connectivity index (χ1n) is 5.76. The lowest BCUT2D eigenvalue weighted by atomic mass is 9.89. The Morgan fingerprint density at radius 1 is 1.00 bits per heavy atom. The summed E-state index contributed by atoms with van der Waals surface area (Å²) in [5.74, 6) is 0.301. The maximum atomic E-state index is 6.06. The third kappa shape index (κ3) is 2.36. The van der Waals surface area contributed by atoms with Crippen molar-refractivity contribution >= 4 is 11.6 Å². The van der Waals surface area contributed by atoms with Gasteiger partial charge in [-0.05, 0) is 23.3 Å². The van der Waals surface area contributed by atoms with Gasteiger partial charge in [-0.2, -0.15) is 0 Å². The van der Waals surface area contributed by atoms with Gasteiger partial charge in [0.25, 0.3) is 0 Å². The SMILES string of the molecule is Clc1cccc([C@H](c2ccccc2)[C@@H]2CO2)c1. The summed E-state index contributed by atoms with van der Waals surface area (Å²) < 4.78 is 5.48. The number of hydrogen-bond donors (Lipinski definition) is 0. The minimum atomic E-state index is 0.301. The second kappa shape index (κ2) is 4.52. The van der Waals surface area contributed by atoms with Gasteiger partial charge in [0, 0.05) is 10.9 Å². The standard InChI is InChI=1S/C15H13ClO/c16-13-8-4-7-12(9-13)15(14-10-17-14)11-5-2-1-3-6-11/h1-9,14-15H,10H2/t14-,15-/m0/s1. The molecule has 0 unspecified atom stereocenters. The molecule has 2 heteroatoms. The summed E-state index contributed by atoms with van der Waals surface area (Å²) in [6.45, 7) is 0.839. The highest BCUT2D eigenvalue weighted by Gasteiger charge is 2.34. The van der Waals surface area contributed by atoms with E-state index in [4.69, 9.17) is 16.3 Å². The lowest BCUT2D eigenvalue weighted by Crippen LogP contribution is -2.08. The van der Waals surface area contributed by atoms with Crippen molar-refractivity contribution in [3.63, 3.8) is 0 Å². The van der Waals surface area contributed by atoms with Gasteiger partial charge in [0.2, 0.25) is 0 Å². The molecule has 1 nitrogen and oxygen atoms in total. The van der Waals surface area contributed by atoms with E-state index in [0.717, 1.165) is 11.6 Å². The normalized spacial score (nSPS) is 19.9. The van der Waals surface area contributed by atoms with Gasteiger partial charge in [0.1, 0.15) is 0 Å². The van der Waals surface area contributed by atoms with Gasteiger partial charge in [-0.15, -0.1) is 0 Å². The Bertz CT molecular complexity index is 505. The second-order valence-electron chi connectivity index (χ2n) is 4.32. The van der Waals surface area contributed by atoms with Crippen LogP contribution in [0.2, 0.25) is 5.02 Å². The fourth-order valence-electron chi connectivity index (χ4n) is 2.23. The molecule has 0 radical (unpaired) electrons. The zero-order valence-electron chi connectivity index (χ0n) is 9.34. The van der Waals surface area contributed by atoms with Crippen LogP contribution in [0.1, 0.15) is 17.0 Å². The van der Waals surface area contributed by atoms with E-state index in [-0.39, 0.29) is 0 Å². The van der Waals surface area contributed by atoms with Gasteiger partial charge >= 0.3 is 0 Å². The average Bonchev–Trinajstić information content (AvgIpc) is 3.15. The molecule has 1 saturated heterocycles. The van der Waals surface area contributed by atoms with Gasteiger partial charge in [0.05, 0.1) is 12.7 Å². The predicted octanol–water partition coefficient (Wildman–Crippen LogP) is 3.87. The third-order valence-corrected chi connectivity index (χ3v) is 3.33. The fourth-order valence-corrected chi connectivity index (χ4v) is 2.43. The predicted molar refractivity (Wildman–Crippen MR) is 69.5 cm³/mol. The van der Waals surface area contributed by atoms with Gasteiger partial charge in [-0.1, -0.05) is 54.1 Å². The van der Waals surface area contributed by atoms with Crippen LogP contribution in [-0.4, -0.2) is 12.7 Å². The molecule has 2 atom stereocenters. The molecule has 1 aliphatic rings. The number of epoxide rings is 1. The highest BCUT2D eigenvalue weighted by Crippen LogP contribution is 2.36. The zero-order chi connectivity index (χ0) is 11.7. The summed E-state index contributed by atoms with van der Waals surface area (Å²) in [5, 5.41) is 0.782. The number of rotatable bonds is 3. The maximum absolute atomic E-state index is 6.06. The number of benzene rings is 2. The van der Waals surface area contributed by atoms with Crippen LogP contribution >= 0.6 is 11.6 Å². The summed E-state index contributed by atoms with van der Waals surface area (Å²) >= 11 is 6.06. The number of ether oxygens (including phenoxy) is 1. The fraction of sp³-hybridized carbons (Fsp3) is 0.200. The molecule has 1 aliphatic heterocycles. The van der Waals surface area contributed by atoms with Gasteiger partial charge in [-0.25, -0.2) is 0 Å². The van der Waals surface area contributed by atoms with E-state index in [0.29, 0.717) is 12.0 Å². The quantitative estimate of drug-likeness (QED) is 0.747. The largest absolute Gasteiger partial charge is 0.372 e. The van der Waals surface area contributed by atoms with E-state index in [9.17, 15) is 0 Å². The molecule has 0 bridgehead atoms. The number of halogens is 1. The smallest absolute Gasteiger partial charge is 0.0918 e. The van der Waals surface area contributed by atoms with Crippen molar-refractivity contribution in [1.82, 2.24) is 0 Å². The van der Waals surface area contributed by atoms with Crippen LogP contribution in [0.3, 0.4) is 0 Å². The first-order valence-corrected chi connectivity index (χ1v) is 6.14. The first kappa shape index (κ1) is 10.8. The lowest BCUT2D eigenvalue weighted by Gasteiger charge is -2.15. The first-order chi connectivity index (χ1) is 8.34. The van der Waals surface area contributed by atoms with E-state index in [1.54, 1.807) is 0 Å². The van der Waals surface area contributed by atoms with Crippen molar-refractivity contribution in [2.45, 2.75) is 12.0 Å². The Labute approximate surface area is 106 Å². The van der Waals surface area contributed by atoms with E-state index < -0.39 is 0 Å². The Kier molecular flexibility index (Phi) is 2.87.